The Hall–Kier alpha value is -3.52. The molecule has 2 heterocycles. The number of hydrogen-bond acceptors (Lipinski definition) is 6. The second kappa shape index (κ2) is 12.8. The predicted molar refractivity (Wildman–Crippen MR) is 142 cm³/mol. The zero-order valence-electron chi connectivity index (χ0n) is 22.4. The molecule has 0 unspecified atom stereocenters. The van der Waals surface area contributed by atoms with Crippen LogP contribution in [0, 0.1) is 11.7 Å². The number of benzene rings is 2. The van der Waals surface area contributed by atoms with Crippen LogP contribution in [0.3, 0.4) is 0 Å². The van der Waals surface area contributed by atoms with E-state index in [-0.39, 0.29) is 29.3 Å². The number of nitrogens with zero attached hydrogens (tertiary/aromatic N) is 3. The number of ether oxygens (including phenoxy) is 1. The minimum atomic E-state index is -0.272. The molecule has 202 valence electrons. The fourth-order valence-corrected chi connectivity index (χ4v) is 4.70. The van der Waals surface area contributed by atoms with Crippen LogP contribution in [0.15, 0.2) is 59.2 Å². The van der Waals surface area contributed by atoms with Crippen LogP contribution in [0.1, 0.15) is 72.6 Å². The number of hydrogen-bond donors (Lipinski definition) is 0. The van der Waals surface area contributed by atoms with E-state index in [2.05, 4.69) is 48.0 Å². The van der Waals surface area contributed by atoms with Crippen LogP contribution >= 0.6 is 0 Å². The van der Waals surface area contributed by atoms with Gasteiger partial charge in [-0.25, -0.2) is 9.37 Å². The molecule has 0 aliphatic carbocycles. The normalized spacial score (nSPS) is 14.3. The van der Waals surface area contributed by atoms with Gasteiger partial charge in [-0.15, -0.1) is 0 Å². The van der Waals surface area contributed by atoms with Gasteiger partial charge in [0.25, 0.3) is 5.91 Å². The Balaban J connectivity index is 1.42. The maximum atomic E-state index is 13.5. The summed E-state index contributed by atoms with van der Waals surface area (Å²) in [7, 11) is 0. The highest BCUT2D eigenvalue weighted by atomic mass is 19.1. The molecule has 2 aromatic carbocycles. The van der Waals surface area contributed by atoms with Crippen LogP contribution in [0.4, 0.5) is 4.39 Å². The number of rotatable bonds is 10. The fraction of sp³-hybridized carbons (Fsp3) is 0.433. The number of halogens is 1. The van der Waals surface area contributed by atoms with E-state index in [0.29, 0.717) is 64.0 Å². The van der Waals surface area contributed by atoms with Crippen molar-refractivity contribution in [1.82, 2.24) is 14.8 Å². The van der Waals surface area contributed by atoms with E-state index in [9.17, 15) is 14.0 Å². The zero-order valence-corrected chi connectivity index (χ0v) is 22.4. The quantitative estimate of drug-likeness (QED) is 0.326. The maximum Gasteiger partial charge on any atom is 0.309 e. The Labute approximate surface area is 223 Å². The van der Waals surface area contributed by atoms with Gasteiger partial charge in [-0.2, -0.15) is 0 Å². The van der Waals surface area contributed by atoms with E-state index >= 15 is 0 Å². The van der Waals surface area contributed by atoms with Crippen molar-refractivity contribution in [2.45, 2.75) is 59.2 Å². The van der Waals surface area contributed by atoms with Gasteiger partial charge in [-0.05, 0) is 54.5 Å². The van der Waals surface area contributed by atoms with E-state index in [0.717, 1.165) is 11.1 Å². The van der Waals surface area contributed by atoms with E-state index < -0.39 is 0 Å². The summed E-state index contributed by atoms with van der Waals surface area (Å²) in [6.45, 7) is 9.05. The molecule has 1 aliphatic heterocycles. The second-order valence-corrected chi connectivity index (χ2v) is 10.1. The SMILES string of the molecule is CCOC(=O)C1CCN(C(=O)c2coc(CN(Cc3ccc(F)cc3)Cc3ccc(C(C)C)cc3)n2)CC1. The van der Waals surface area contributed by atoms with Crippen LogP contribution in [-0.4, -0.2) is 46.4 Å². The summed E-state index contributed by atoms with van der Waals surface area (Å²) in [6, 6.07) is 15.0. The van der Waals surface area contributed by atoms with Crippen molar-refractivity contribution in [3.05, 3.63) is 88.9 Å². The first kappa shape index (κ1) is 27.5. The summed E-state index contributed by atoms with van der Waals surface area (Å²) in [4.78, 5) is 33.4. The molecule has 38 heavy (non-hydrogen) atoms. The van der Waals surface area contributed by atoms with Crippen molar-refractivity contribution in [3.63, 3.8) is 0 Å². The molecule has 1 aromatic heterocycles. The van der Waals surface area contributed by atoms with Crippen LogP contribution < -0.4 is 0 Å². The van der Waals surface area contributed by atoms with Crippen molar-refractivity contribution < 1.29 is 23.1 Å². The van der Waals surface area contributed by atoms with Crippen LogP contribution in [-0.2, 0) is 29.2 Å². The van der Waals surface area contributed by atoms with Gasteiger partial charge in [0.1, 0.15) is 12.1 Å². The van der Waals surface area contributed by atoms with Crippen molar-refractivity contribution in [2.75, 3.05) is 19.7 Å². The van der Waals surface area contributed by atoms with Gasteiger partial charge in [0, 0.05) is 26.2 Å². The summed E-state index contributed by atoms with van der Waals surface area (Å²) in [5.74, 6) is 0.0718. The average molecular weight is 522 g/mol. The van der Waals surface area contributed by atoms with Crippen LogP contribution in [0.2, 0.25) is 0 Å². The van der Waals surface area contributed by atoms with Gasteiger partial charge >= 0.3 is 5.97 Å². The van der Waals surface area contributed by atoms with Gasteiger partial charge < -0.3 is 14.1 Å². The molecular weight excluding hydrogens is 485 g/mol. The third kappa shape index (κ3) is 7.28. The van der Waals surface area contributed by atoms with Gasteiger partial charge in [0.2, 0.25) is 5.89 Å². The lowest BCUT2D eigenvalue weighted by molar-refractivity contribution is -0.149. The van der Waals surface area contributed by atoms with Gasteiger partial charge in [-0.1, -0.05) is 50.2 Å². The Kier molecular flexibility index (Phi) is 9.29. The molecule has 4 rings (SSSR count). The molecule has 0 spiro atoms. The van der Waals surface area contributed by atoms with E-state index in [4.69, 9.17) is 9.15 Å². The predicted octanol–water partition coefficient (Wildman–Crippen LogP) is 5.55. The van der Waals surface area contributed by atoms with Crippen LogP contribution in [0.25, 0.3) is 0 Å². The first-order valence-electron chi connectivity index (χ1n) is 13.3. The number of oxazole rings is 1. The number of esters is 1. The third-order valence-electron chi connectivity index (χ3n) is 6.90. The summed E-state index contributed by atoms with van der Waals surface area (Å²) >= 11 is 0. The fourth-order valence-electron chi connectivity index (χ4n) is 4.70. The zero-order chi connectivity index (χ0) is 27.1. The lowest BCUT2D eigenvalue weighted by Gasteiger charge is -2.30. The highest BCUT2D eigenvalue weighted by Gasteiger charge is 2.30. The molecule has 0 N–H and O–H groups in total. The first-order valence-corrected chi connectivity index (χ1v) is 13.3. The third-order valence-corrected chi connectivity index (χ3v) is 6.90. The summed E-state index contributed by atoms with van der Waals surface area (Å²) in [5, 5.41) is 0. The minimum absolute atomic E-state index is 0.165. The van der Waals surface area contributed by atoms with Gasteiger partial charge in [-0.3, -0.25) is 14.5 Å². The molecule has 0 radical (unpaired) electrons. The minimum Gasteiger partial charge on any atom is -0.466 e. The molecule has 1 aliphatic rings. The molecule has 1 saturated heterocycles. The number of likely N-dealkylation sites (tertiary alicyclic amines) is 1. The highest BCUT2D eigenvalue weighted by molar-refractivity contribution is 5.92. The largest absolute Gasteiger partial charge is 0.466 e. The van der Waals surface area contributed by atoms with Crippen molar-refractivity contribution in [3.8, 4) is 0 Å². The molecule has 0 bridgehead atoms. The van der Waals surface area contributed by atoms with E-state index in [1.54, 1.807) is 24.0 Å². The van der Waals surface area contributed by atoms with Gasteiger partial charge in [0.15, 0.2) is 5.69 Å². The summed E-state index contributed by atoms with van der Waals surface area (Å²) in [5.41, 5.74) is 3.65. The number of amides is 1. The lowest BCUT2D eigenvalue weighted by atomic mass is 9.97. The second-order valence-electron chi connectivity index (χ2n) is 10.1. The number of aromatic nitrogens is 1. The first-order chi connectivity index (χ1) is 18.3. The molecule has 3 aromatic rings. The van der Waals surface area contributed by atoms with Gasteiger partial charge in [0.05, 0.1) is 19.1 Å². The maximum absolute atomic E-state index is 13.5. The van der Waals surface area contributed by atoms with Crippen molar-refractivity contribution >= 4 is 11.9 Å². The summed E-state index contributed by atoms with van der Waals surface area (Å²) in [6.07, 6.45) is 2.56. The smallest absolute Gasteiger partial charge is 0.309 e. The van der Waals surface area contributed by atoms with E-state index in [1.807, 2.05) is 0 Å². The number of piperidine rings is 1. The average Bonchev–Trinajstić information content (AvgIpc) is 3.38. The molecule has 7 nitrogen and oxygen atoms in total. The standard InChI is InChI=1S/C30H36FN3O4/c1-4-37-30(36)25-13-15-34(16-14-25)29(35)27-20-38-28(32-27)19-33(18-23-7-11-26(31)12-8-23)17-22-5-9-24(10-6-22)21(2)3/h5-12,20-21,25H,4,13-19H2,1-3H3. The summed E-state index contributed by atoms with van der Waals surface area (Å²) < 4.78 is 24.3. The van der Waals surface area contributed by atoms with Crippen molar-refractivity contribution in [2.24, 2.45) is 5.92 Å². The number of carbonyl (C=O) groups excluding carboxylic acids is 2. The van der Waals surface area contributed by atoms with E-state index in [1.165, 1.54) is 24.0 Å². The van der Waals surface area contributed by atoms with Crippen molar-refractivity contribution in [1.29, 1.82) is 0 Å². The Bertz CT molecular complexity index is 1200. The molecule has 1 amide bonds. The Morgan fingerprint density at radius 3 is 2.21 bits per heavy atom. The molecule has 8 heteroatoms. The molecule has 1 fully saturated rings. The Morgan fingerprint density at radius 2 is 1.63 bits per heavy atom. The highest BCUT2D eigenvalue weighted by Crippen LogP contribution is 2.22. The molecular formula is C30H36FN3O4. The molecule has 0 saturated carbocycles. The monoisotopic (exact) mass is 521 g/mol. The topological polar surface area (TPSA) is 75.9 Å². The molecule has 0 atom stereocenters. The van der Waals surface area contributed by atoms with Crippen LogP contribution in [0.5, 0.6) is 0 Å². The number of carbonyl (C=O) groups is 2. The Morgan fingerprint density at radius 1 is 1.03 bits per heavy atom. The lowest BCUT2D eigenvalue weighted by Crippen LogP contribution is -2.40.